The SMILES string of the molecule is CC[C@H](C)NC(=O)[C@H](Cc1ccccc1)N(Cc1ccc(Cl)cc1Cl)C(=O)CSc1ccccc1. The van der Waals surface area contributed by atoms with Crippen LogP contribution in [0.15, 0.2) is 83.8 Å². The van der Waals surface area contributed by atoms with E-state index >= 15 is 0 Å². The fourth-order valence-corrected chi connectivity index (χ4v) is 4.85. The highest BCUT2D eigenvalue weighted by molar-refractivity contribution is 8.00. The number of nitrogens with one attached hydrogen (secondary N) is 1. The lowest BCUT2D eigenvalue weighted by atomic mass is 10.0. The standard InChI is InChI=1S/C28H30Cl2N2O2S/c1-3-20(2)31-28(34)26(16-21-10-6-4-7-11-21)32(18-22-14-15-23(29)17-25(22)30)27(33)19-35-24-12-8-5-9-13-24/h4-15,17,20,26H,3,16,18-19H2,1-2H3,(H,31,34)/t20-,26-/m0/s1. The first kappa shape index (κ1) is 27.1. The van der Waals surface area contributed by atoms with Crippen LogP contribution in [0.25, 0.3) is 0 Å². The predicted octanol–water partition coefficient (Wildman–Crippen LogP) is 6.64. The number of hydrogen-bond donors (Lipinski definition) is 1. The van der Waals surface area contributed by atoms with Crippen molar-refractivity contribution in [1.82, 2.24) is 10.2 Å². The molecule has 0 aliphatic heterocycles. The van der Waals surface area contributed by atoms with Gasteiger partial charge in [0.25, 0.3) is 0 Å². The minimum Gasteiger partial charge on any atom is -0.352 e. The molecule has 0 spiro atoms. The summed E-state index contributed by atoms with van der Waals surface area (Å²) in [5, 5.41) is 4.06. The van der Waals surface area contributed by atoms with E-state index in [0.717, 1.165) is 22.4 Å². The largest absolute Gasteiger partial charge is 0.352 e. The molecule has 0 saturated carbocycles. The molecule has 0 bridgehead atoms. The Bertz CT molecular complexity index is 1110. The molecule has 0 saturated heterocycles. The second-order valence-corrected chi connectivity index (χ2v) is 10.3. The van der Waals surface area contributed by atoms with Crippen molar-refractivity contribution in [3.63, 3.8) is 0 Å². The summed E-state index contributed by atoms with van der Waals surface area (Å²) in [6.45, 7) is 4.19. The Kier molecular flexibility index (Phi) is 10.5. The van der Waals surface area contributed by atoms with E-state index in [1.54, 1.807) is 23.1 Å². The van der Waals surface area contributed by atoms with E-state index < -0.39 is 6.04 Å². The third-order valence-corrected chi connectivity index (χ3v) is 7.32. The van der Waals surface area contributed by atoms with Crippen LogP contribution < -0.4 is 5.32 Å². The van der Waals surface area contributed by atoms with Crippen LogP contribution >= 0.6 is 35.0 Å². The maximum atomic E-state index is 13.6. The third-order valence-electron chi connectivity index (χ3n) is 5.73. The lowest BCUT2D eigenvalue weighted by Crippen LogP contribution is -2.52. The predicted molar refractivity (Wildman–Crippen MR) is 146 cm³/mol. The molecule has 35 heavy (non-hydrogen) atoms. The summed E-state index contributed by atoms with van der Waals surface area (Å²) in [6, 6.07) is 24.0. The van der Waals surface area contributed by atoms with E-state index in [0.29, 0.717) is 16.5 Å². The minimum atomic E-state index is -0.693. The van der Waals surface area contributed by atoms with Crippen molar-refractivity contribution in [1.29, 1.82) is 0 Å². The Hall–Kier alpha value is -2.47. The van der Waals surface area contributed by atoms with Crippen molar-refractivity contribution in [2.45, 2.75) is 50.2 Å². The summed E-state index contributed by atoms with van der Waals surface area (Å²) < 4.78 is 0. The van der Waals surface area contributed by atoms with Crippen molar-refractivity contribution in [2.24, 2.45) is 0 Å². The molecule has 3 rings (SSSR count). The number of amides is 2. The molecule has 0 aromatic heterocycles. The Morgan fingerprint density at radius 2 is 1.63 bits per heavy atom. The Balaban J connectivity index is 1.94. The average Bonchev–Trinajstić information content (AvgIpc) is 2.87. The first-order valence-corrected chi connectivity index (χ1v) is 13.4. The Morgan fingerprint density at radius 1 is 0.971 bits per heavy atom. The lowest BCUT2D eigenvalue weighted by Gasteiger charge is -2.32. The normalized spacial score (nSPS) is 12.6. The van der Waals surface area contributed by atoms with E-state index in [-0.39, 0.29) is 30.2 Å². The summed E-state index contributed by atoms with van der Waals surface area (Å²) in [7, 11) is 0. The highest BCUT2D eigenvalue weighted by atomic mass is 35.5. The molecule has 2 atom stereocenters. The van der Waals surface area contributed by atoms with Crippen LogP contribution in [-0.4, -0.2) is 34.6 Å². The van der Waals surface area contributed by atoms with E-state index in [9.17, 15) is 9.59 Å². The van der Waals surface area contributed by atoms with Gasteiger partial charge in [0.2, 0.25) is 11.8 Å². The molecule has 3 aromatic carbocycles. The number of carbonyl (C=O) groups is 2. The van der Waals surface area contributed by atoms with Crippen molar-refractivity contribution >= 4 is 46.8 Å². The van der Waals surface area contributed by atoms with Gasteiger partial charge in [0.1, 0.15) is 6.04 Å². The molecule has 2 amide bonds. The zero-order valence-electron chi connectivity index (χ0n) is 19.9. The Labute approximate surface area is 222 Å². The monoisotopic (exact) mass is 528 g/mol. The van der Waals surface area contributed by atoms with Gasteiger partial charge in [-0.15, -0.1) is 11.8 Å². The van der Waals surface area contributed by atoms with E-state index in [1.807, 2.05) is 74.5 Å². The average molecular weight is 530 g/mol. The molecule has 0 radical (unpaired) electrons. The minimum absolute atomic E-state index is 0.00413. The van der Waals surface area contributed by atoms with Crippen molar-refractivity contribution in [3.8, 4) is 0 Å². The third kappa shape index (κ3) is 8.31. The van der Waals surface area contributed by atoms with Crippen LogP contribution in [0.1, 0.15) is 31.4 Å². The topological polar surface area (TPSA) is 49.4 Å². The number of hydrogen-bond acceptors (Lipinski definition) is 3. The molecule has 0 aliphatic rings. The zero-order valence-corrected chi connectivity index (χ0v) is 22.2. The quantitative estimate of drug-likeness (QED) is 0.283. The maximum absolute atomic E-state index is 13.6. The van der Waals surface area contributed by atoms with Crippen LogP contribution in [0.3, 0.4) is 0 Å². The van der Waals surface area contributed by atoms with Gasteiger partial charge in [-0.3, -0.25) is 9.59 Å². The second kappa shape index (κ2) is 13.6. The number of nitrogens with zero attached hydrogens (tertiary/aromatic N) is 1. The van der Waals surface area contributed by atoms with Gasteiger partial charge in [-0.25, -0.2) is 0 Å². The highest BCUT2D eigenvalue weighted by Crippen LogP contribution is 2.25. The fraction of sp³-hybridized carbons (Fsp3) is 0.286. The van der Waals surface area contributed by atoms with E-state index in [4.69, 9.17) is 23.2 Å². The van der Waals surface area contributed by atoms with E-state index in [2.05, 4.69) is 5.32 Å². The van der Waals surface area contributed by atoms with Gasteiger partial charge in [-0.1, -0.05) is 84.7 Å². The molecule has 0 fully saturated rings. The molecule has 4 nitrogen and oxygen atoms in total. The molecular formula is C28H30Cl2N2O2S. The lowest BCUT2D eigenvalue weighted by molar-refractivity contribution is -0.139. The van der Waals surface area contributed by atoms with Gasteiger partial charge >= 0.3 is 0 Å². The number of rotatable bonds is 11. The summed E-state index contributed by atoms with van der Waals surface area (Å²) in [5.41, 5.74) is 1.72. The first-order valence-electron chi connectivity index (χ1n) is 11.6. The van der Waals surface area contributed by atoms with Crippen LogP contribution in [0.5, 0.6) is 0 Å². The van der Waals surface area contributed by atoms with Crippen molar-refractivity contribution in [3.05, 3.63) is 100 Å². The van der Waals surface area contributed by atoms with Gasteiger partial charge in [0.05, 0.1) is 5.75 Å². The summed E-state index contributed by atoms with van der Waals surface area (Å²) >= 11 is 14.0. The number of carbonyl (C=O) groups excluding carboxylic acids is 2. The van der Waals surface area contributed by atoms with Gasteiger partial charge in [0.15, 0.2) is 0 Å². The van der Waals surface area contributed by atoms with Crippen molar-refractivity contribution in [2.75, 3.05) is 5.75 Å². The smallest absolute Gasteiger partial charge is 0.243 e. The molecule has 184 valence electrons. The number of benzene rings is 3. The van der Waals surface area contributed by atoms with Crippen LogP contribution in [0.2, 0.25) is 10.0 Å². The molecule has 7 heteroatoms. The Morgan fingerprint density at radius 3 is 2.26 bits per heavy atom. The van der Waals surface area contributed by atoms with Gasteiger partial charge in [-0.2, -0.15) is 0 Å². The second-order valence-electron chi connectivity index (χ2n) is 8.38. The number of thioether (sulfide) groups is 1. The molecule has 0 aliphatic carbocycles. The summed E-state index contributed by atoms with van der Waals surface area (Å²) in [4.78, 5) is 29.8. The first-order chi connectivity index (χ1) is 16.9. The molecule has 0 unspecified atom stereocenters. The molecule has 1 N–H and O–H groups in total. The van der Waals surface area contributed by atoms with E-state index in [1.165, 1.54) is 11.8 Å². The zero-order chi connectivity index (χ0) is 25.2. The van der Waals surface area contributed by atoms with Gasteiger partial charge in [-0.05, 0) is 48.7 Å². The van der Waals surface area contributed by atoms with Crippen LogP contribution in [-0.2, 0) is 22.6 Å². The summed E-state index contributed by atoms with van der Waals surface area (Å²) in [5.74, 6) is -0.103. The maximum Gasteiger partial charge on any atom is 0.243 e. The van der Waals surface area contributed by atoms with Crippen LogP contribution in [0, 0.1) is 0 Å². The van der Waals surface area contributed by atoms with Gasteiger partial charge < -0.3 is 10.2 Å². The highest BCUT2D eigenvalue weighted by Gasteiger charge is 2.31. The van der Waals surface area contributed by atoms with Gasteiger partial charge in [0, 0.05) is 33.9 Å². The van der Waals surface area contributed by atoms with Crippen molar-refractivity contribution < 1.29 is 9.59 Å². The molecular weight excluding hydrogens is 499 g/mol. The fourth-order valence-electron chi connectivity index (χ4n) is 3.57. The molecule has 3 aromatic rings. The molecule has 0 heterocycles. The van der Waals surface area contributed by atoms with Crippen LogP contribution in [0.4, 0.5) is 0 Å². The number of halogens is 2. The summed E-state index contributed by atoms with van der Waals surface area (Å²) in [6.07, 6.45) is 1.20.